The third-order valence-electron chi connectivity index (χ3n) is 3.15. The van der Waals surface area contributed by atoms with Crippen molar-refractivity contribution in [1.82, 2.24) is 0 Å². The van der Waals surface area contributed by atoms with Gasteiger partial charge in [0.25, 0.3) is 0 Å². The number of aliphatic hydroxyl groups excluding tert-OH is 4. The standard InChI is InChI=1S/C11H20O7/c1-5(3-8(13)14)2-6-9(15)11(17)10(16)7(4-12)18-6/h5-7,9-12,15-17H,2-4H2,1H3,(H,13,14)/t5?,6-,7+,9-,10+,11+/m0/s1. The van der Waals surface area contributed by atoms with Crippen molar-refractivity contribution < 1.29 is 35.1 Å². The van der Waals surface area contributed by atoms with Crippen LogP contribution >= 0.6 is 0 Å². The van der Waals surface area contributed by atoms with Gasteiger partial charge in [-0.25, -0.2) is 0 Å². The molecule has 0 aromatic carbocycles. The Bertz CT molecular complexity index is 281. The van der Waals surface area contributed by atoms with Gasteiger partial charge >= 0.3 is 5.97 Å². The highest BCUT2D eigenvalue weighted by molar-refractivity contribution is 5.66. The first-order chi connectivity index (χ1) is 8.36. The van der Waals surface area contributed by atoms with Crippen molar-refractivity contribution in [1.29, 1.82) is 0 Å². The molecule has 1 aliphatic rings. The molecule has 7 nitrogen and oxygen atoms in total. The Balaban J connectivity index is 2.61. The van der Waals surface area contributed by atoms with Crippen LogP contribution in [0.3, 0.4) is 0 Å². The number of hydrogen-bond acceptors (Lipinski definition) is 6. The lowest BCUT2D eigenvalue weighted by Gasteiger charge is -2.40. The van der Waals surface area contributed by atoms with Gasteiger partial charge in [0.2, 0.25) is 0 Å². The monoisotopic (exact) mass is 264 g/mol. The SMILES string of the molecule is CC(CC(=O)O)C[C@@H]1O[C@H](CO)[C@@H](O)[C@H](O)[C@H]1O. The first-order valence-electron chi connectivity index (χ1n) is 5.89. The number of aliphatic carboxylic acids is 1. The zero-order valence-corrected chi connectivity index (χ0v) is 10.1. The van der Waals surface area contributed by atoms with Crippen molar-refractivity contribution in [3.8, 4) is 0 Å². The van der Waals surface area contributed by atoms with Gasteiger partial charge in [-0.15, -0.1) is 0 Å². The van der Waals surface area contributed by atoms with Crippen LogP contribution in [0.1, 0.15) is 19.8 Å². The largest absolute Gasteiger partial charge is 0.481 e. The highest BCUT2D eigenvalue weighted by Crippen LogP contribution is 2.26. The van der Waals surface area contributed by atoms with E-state index < -0.39 is 43.1 Å². The van der Waals surface area contributed by atoms with Gasteiger partial charge in [-0.3, -0.25) is 4.79 Å². The molecule has 0 saturated carbocycles. The van der Waals surface area contributed by atoms with Crippen molar-refractivity contribution in [2.75, 3.05) is 6.61 Å². The molecular formula is C11H20O7. The van der Waals surface area contributed by atoms with Crippen molar-refractivity contribution in [2.45, 2.75) is 50.3 Å². The lowest BCUT2D eigenvalue weighted by molar-refractivity contribution is -0.232. The molecule has 0 aromatic rings. The molecule has 1 saturated heterocycles. The molecule has 7 heteroatoms. The Labute approximate surface area is 105 Å². The molecule has 0 amide bonds. The van der Waals surface area contributed by atoms with Crippen LogP contribution in [0.15, 0.2) is 0 Å². The van der Waals surface area contributed by atoms with E-state index in [1.807, 2.05) is 0 Å². The minimum atomic E-state index is -1.40. The van der Waals surface area contributed by atoms with E-state index in [0.29, 0.717) is 0 Å². The summed E-state index contributed by atoms with van der Waals surface area (Å²) in [6.45, 7) is 1.21. The van der Waals surface area contributed by atoms with Crippen LogP contribution in [-0.2, 0) is 9.53 Å². The van der Waals surface area contributed by atoms with E-state index in [2.05, 4.69) is 0 Å². The van der Waals surface area contributed by atoms with Crippen molar-refractivity contribution in [3.05, 3.63) is 0 Å². The fraction of sp³-hybridized carbons (Fsp3) is 0.909. The summed E-state index contributed by atoms with van der Waals surface area (Å²) in [6, 6.07) is 0. The topological polar surface area (TPSA) is 127 Å². The van der Waals surface area contributed by atoms with E-state index in [4.69, 9.17) is 14.9 Å². The molecule has 0 spiro atoms. The number of carbonyl (C=O) groups is 1. The molecule has 106 valence electrons. The zero-order chi connectivity index (χ0) is 13.9. The molecule has 1 aliphatic heterocycles. The Morgan fingerprint density at radius 2 is 1.72 bits per heavy atom. The molecule has 1 fully saturated rings. The summed E-state index contributed by atoms with van der Waals surface area (Å²) in [5.74, 6) is -1.20. The second-order valence-electron chi connectivity index (χ2n) is 4.81. The van der Waals surface area contributed by atoms with Gasteiger partial charge in [0, 0.05) is 6.42 Å². The average Bonchev–Trinajstić information content (AvgIpc) is 2.29. The second kappa shape index (κ2) is 6.44. The van der Waals surface area contributed by atoms with Gasteiger partial charge in [-0.1, -0.05) is 6.92 Å². The predicted molar refractivity (Wildman–Crippen MR) is 59.8 cm³/mol. The summed E-state index contributed by atoms with van der Waals surface area (Å²) in [6.07, 6.45) is -5.66. The number of aliphatic hydroxyl groups is 4. The number of rotatable bonds is 5. The molecule has 5 N–H and O–H groups in total. The Morgan fingerprint density at radius 3 is 2.22 bits per heavy atom. The Morgan fingerprint density at radius 1 is 1.17 bits per heavy atom. The van der Waals surface area contributed by atoms with E-state index in [0.717, 1.165) is 0 Å². The van der Waals surface area contributed by atoms with E-state index in [9.17, 15) is 20.1 Å². The Hall–Kier alpha value is -0.730. The van der Waals surface area contributed by atoms with Gasteiger partial charge in [-0.2, -0.15) is 0 Å². The number of carboxylic acids is 1. The maximum atomic E-state index is 10.5. The summed E-state index contributed by atoms with van der Waals surface area (Å²) in [5.41, 5.74) is 0. The maximum Gasteiger partial charge on any atom is 0.303 e. The van der Waals surface area contributed by atoms with Crippen LogP contribution in [0.5, 0.6) is 0 Å². The first kappa shape index (κ1) is 15.3. The maximum absolute atomic E-state index is 10.5. The summed E-state index contributed by atoms with van der Waals surface area (Å²) >= 11 is 0. The molecule has 6 atom stereocenters. The van der Waals surface area contributed by atoms with Crippen LogP contribution in [0.4, 0.5) is 0 Å². The smallest absolute Gasteiger partial charge is 0.303 e. The van der Waals surface area contributed by atoms with Crippen LogP contribution in [0.2, 0.25) is 0 Å². The van der Waals surface area contributed by atoms with E-state index in [-0.39, 0.29) is 18.8 Å². The van der Waals surface area contributed by atoms with E-state index in [1.165, 1.54) is 0 Å². The summed E-state index contributed by atoms with van der Waals surface area (Å²) in [4.78, 5) is 10.5. The third kappa shape index (κ3) is 3.63. The molecular weight excluding hydrogens is 244 g/mol. The molecule has 0 radical (unpaired) electrons. The lowest BCUT2D eigenvalue weighted by atomic mass is 9.89. The number of ether oxygens (including phenoxy) is 1. The van der Waals surface area contributed by atoms with Crippen LogP contribution in [0, 0.1) is 5.92 Å². The van der Waals surface area contributed by atoms with Gasteiger partial charge in [0.15, 0.2) is 0 Å². The molecule has 18 heavy (non-hydrogen) atoms. The van der Waals surface area contributed by atoms with Gasteiger partial charge in [0.1, 0.15) is 24.4 Å². The number of carboxylic acid groups (broad SMARTS) is 1. The van der Waals surface area contributed by atoms with Crippen LogP contribution in [0.25, 0.3) is 0 Å². The molecule has 1 unspecified atom stereocenters. The van der Waals surface area contributed by atoms with Crippen molar-refractivity contribution >= 4 is 5.97 Å². The summed E-state index contributed by atoms with van der Waals surface area (Å²) in [7, 11) is 0. The highest BCUT2D eigenvalue weighted by atomic mass is 16.5. The van der Waals surface area contributed by atoms with E-state index >= 15 is 0 Å². The molecule has 0 bridgehead atoms. The Kier molecular flexibility index (Phi) is 5.48. The average molecular weight is 264 g/mol. The normalized spacial score (nSPS) is 38.4. The molecule has 0 aromatic heterocycles. The van der Waals surface area contributed by atoms with Crippen LogP contribution < -0.4 is 0 Å². The highest BCUT2D eigenvalue weighted by Gasteiger charge is 2.43. The molecule has 0 aliphatic carbocycles. The fourth-order valence-corrected chi connectivity index (χ4v) is 2.15. The molecule has 1 rings (SSSR count). The fourth-order valence-electron chi connectivity index (χ4n) is 2.15. The van der Waals surface area contributed by atoms with Crippen molar-refractivity contribution in [3.63, 3.8) is 0 Å². The minimum absolute atomic E-state index is 0.0744. The van der Waals surface area contributed by atoms with Crippen molar-refractivity contribution in [2.24, 2.45) is 5.92 Å². The minimum Gasteiger partial charge on any atom is -0.481 e. The summed E-state index contributed by atoms with van der Waals surface area (Å²) < 4.78 is 5.28. The van der Waals surface area contributed by atoms with Crippen LogP contribution in [-0.4, -0.2) is 68.6 Å². The van der Waals surface area contributed by atoms with Gasteiger partial charge < -0.3 is 30.3 Å². The zero-order valence-electron chi connectivity index (χ0n) is 10.1. The predicted octanol–water partition coefficient (Wildman–Crippen LogP) is -1.67. The summed E-state index contributed by atoms with van der Waals surface area (Å²) in [5, 5.41) is 46.5. The quantitative estimate of drug-likeness (QED) is 0.401. The third-order valence-corrected chi connectivity index (χ3v) is 3.15. The lowest BCUT2D eigenvalue weighted by Crippen LogP contribution is -2.58. The second-order valence-corrected chi connectivity index (χ2v) is 4.81. The molecule has 1 heterocycles. The van der Waals surface area contributed by atoms with Gasteiger partial charge in [-0.05, 0) is 12.3 Å². The number of hydrogen-bond donors (Lipinski definition) is 5. The van der Waals surface area contributed by atoms with Gasteiger partial charge in [0.05, 0.1) is 12.7 Å². The first-order valence-corrected chi connectivity index (χ1v) is 5.89. The van der Waals surface area contributed by atoms with E-state index in [1.54, 1.807) is 6.92 Å².